The maximum atomic E-state index is 9.50. The Balaban J connectivity index is 0.00000593. The van der Waals surface area contributed by atoms with Crippen LogP contribution < -0.4 is 14.5 Å². The standard InChI is InChI=1S/C53H41N4O.Pt/c1-36-30-45(37-16-7-5-8-17-37)52(46(31-36)38-18-9-6-10-19-38)56-35-55(48-24-13-14-25-49(48)56)40-20-15-21-41(33-40)58-42-26-27-44-43-22-11-12-23-47(43)57(50(44)34-42)51-32-39(28-29-54-51)53(2,3)4;/h5-32,35H,1-4H3;/q-3;/i1D3,11D,12D,15D,22D,23D,30D,31D;. The van der Waals surface area contributed by atoms with Crippen LogP contribution in [0.5, 0.6) is 11.5 Å². The van der Waals surface area contributed by atoms with E-state index in [0.717, 1.165) is 5.56 Å². The molecule has 0 atom stereocenters. The summed E-state index contributed by atoms with van der Waals surface area (Å²) in [6, 6.07) is 41.3. The quantitative estimate of drug-likeness (QED) is 0.149. The minimum absolute atomic E-state index is 0. The second kappa shape index (κ2) is 15.4. The zero-order valence-corrected chi connectivity index (χ0v) is 34.5. The molecule has 10 rings (SSSR count). The second-order valence-electron chi connectivity index (χ2n) is 15.0. The maximum Gasteiger partial charge on any atom is 0.135 e. The van der Waals surface area contributed by atoms with Crippen LogP contribution in [0.1, 0.15) is 45.6 Å². The van der Waals surface area contributed by atoms with Gasteiger partial charge in [0.1, 0.15) is 5.82 Å². The summed E-state index contributed by atoms with van der Waals surface area (Å²) in [4.78, 5) is 8.36. The molecule has 0 saturated heterocycles. The molecule has 3 heterocycles. The number of ether oxygens (including phenoxy) is 1. The average Bonchev–Trinajstić information content (AvgIpc) is 3.86. The van der Waals surface area contributed by atoms with E-state index in [-0.39, 0.29) is 91.4 Å². The van der Waals surface area contributed by atoms with E-state index in [9.17, 15) is 2.74 Å². The topological polar surface area (TPSA) is 33.5 Å². The number of benzene rings is 7. The third-order valence-corrected chi connectivity index (χ3v) is 10.3. The minimum Gasteiger partial charge on any atom is -0.509 e. The van der Waals surface area contributed by atoms with Crippen LogP contribution in [0.25, 0.3) is 49.9 Å². The number of nitrogens with zero attached hydrogens (tertiary/aromatic N) is 4. The molecule has 9 aromatic rings. The number of pyridine rings is 1. The molecule has 0 N–H and O–H groups in total. The van der Waals surface area contributed by atoms with E-state index >= 15 is 0 Å². The van der Waals surface area contributed by atoms with Crippen molar-refractivity contribution in [2.45, 2.75) is 33.0 Å². The van der Waals surface area contributed by atoms with Crippen molar-refractivity contribution in [3.63, 3.8) is 0 Å². The van der Waals surface area contributed by atoms with Gasteiger partial charge in [-0.15, -0.1) is 48.1 Å². The first-order chi connectivity index (χ1) is 32.4. The minimum atomic E-state index is -2.77. The van der Waals surface area contributed by atoms with Gasteiger partial charge in [0.15, 0.2) is 0 Å². The zero-order valence-electron chi connectivity index (χ0n) is 42.2. The van der Waals surface area contributed by atoms with Gasteiger partial charge in [-0.25, -0.2) is 4.98 Å². The molecule has 59 heavy (non-hydrogen) atoms. The molecule has 5 nitrogen and oxygen atoms in total. The Morgan fingerprint density at radius 3 is 2.05 bits per heavy atom. The van der Waals surface area contributed by atoms with Crippen molar-refractivity contribution >= 4 is 44.6 Å². The summed E-state index contributed by atoms with van der Waals surface area (Å²) in [5, 5.41) is 0.841. The molecule has 0 saturated carbocycles. The number of hydrogen-bond donors (Lipinski definition) is 0. The van der Waals surface area contributed by atoms with Gasteiger partial charge in [0.25, 0.3) is 0 Å². The molecular weight excluding hydrogens is 904 g/mol. The Kier molecular flexibility index (Phi) is 7.33. The number of para-hydroxylation sites is 3. The van der Waals surface area contributed by atoms with E-state index in [4.69, 9.17) is 15.7 Å². The summed E-state index contributed by atoms with van der Waals surface area (Å²) in [6.45, 7) is 5.25. The fourth-order valence-corrected chi connectivity index (χ4v) is 7.49. The van der Waals surface area contributed by atoms with Crippen molar-refractivity contribution < 1.29 is 39.5 Å². The fourth-order valence-electron chi connectivity index (χ4n) is 7.49. The van der Waals surface area contributed by atoms with Crippen molar-refractivity contribution in [2.75, 3.05) is 9.80 Å². The largest absolute Gasteiger partial charge is 0.509 e. The second-order valence-corrected chi connectivity index (χ2v) is 15.0. The van der Waals surface area contributed by atoms with Crippen LogP contribution in [0, 0.1) is 25.7 Å². The van der Waals surface area contributed by atoms with Crippen molar-refractivity contribution in [2.24, 2.45) is 0 Å². The van der Waals surface area contributed by atoms with E-state index in [1.165, 1.54) is 6.07 Å². The van der Waals surface area contributed by atoms with Crippen molar-refractivity contribution in [3.8, 4) is 39.6 Å². The van der Waals surface area contributed by atoms with Gasteiger partial charge < -0.3 is 19.1 Å². The molecule has 1 aliphatic heterocycles. The van der Waals surface area contributed by atoms with Gasteiger partial charge in [0, 0.05) is 77.9 Å². The van der Waals surface area contributed by atoms with Gasteiger partial charge in [-0.3, -0.25) is 0 Å². The van der Waals surface area contributed by atoms with E-state index in [1.807, 2.05) is 107 Å². The summed E-state index contributed by atoms with van der Waals surface area (Å²) >= 11 is 0. The number of anilines is 4. The van der Waals surface area contributed by atoms with Crippen molar-refractivity contribution in [3.05, 3.63) is 200 Å². The van der Waals surface area contributed by atoms with Gasteiger partial charge >= 0.3 is 0 Å². The fraction of sp³-hybridized carbons (Fsp3) is 0.0943. The Bertz CT molecular complexity index is 3420. The van der Waals surface area contributed by atoms with Crippen LogP contribution in [0.3, 0.4) is 0 Å². The van der Waals surface area contributed by atoms with Crippen LogP contribution in [0.4, 0.5) is 22.7 Å². The van der Waals surface area contributed by atoms with Crippen LogP contribution in [-0.2, 0) is 26.5 Å². The van der Waals surface area contributed by atoms with E-state index < -0.39 is 6.85 Å². The molecule has 7 aromatic carbocycles. The smallest absolute Gasteiger partial charge is 0.135 e. The molecule has 0 radical (unpaired) electrons. The van der Waals surface area contributed by atoms with Crippen LogP contribution in [0.2, 0.25) is 0 Å². The molecule has 0 amide bonds. The predicted molar refractivity (Wildman–Crippen MR) is 239 cm³/mol. The summed E-state index contributed by atoms with van der Waals surface area (Å²) in [5.74, 6) is 0.843. The van der Waals surface area contributed by atoms with Gasteiger partial charge in [-0.05, 0) is 82.3 Å². The van der Waals surface area contributed by atoms with Crippen molar-refractivity contribution in [1.29, 1.82) is 0 Å². The number of aromatic nitrogens is 2. The van der Waals surface area contributed by atoms with Crippen LogP contribution >= 0.6 is 0 Å². The van der Waals surface area contributed by atoms with Gasteiger partial charge in [0.2, 0.25) is 0 Å². The summed E-state index contributed by atoms with van der Waals surface area (Å²) in [6.07, 6.45) is 1.68. The SMILES string of the molecule is [2H]c1cc(Oc2[c-]c3c(cc2)c2c([2H])c([2H])c([2H])c([2H])c2n3-c2cc(C(C)(C)C)ccn2)[c-]c(N2[CH-]N(c3c(-c4ccccc4)c([2H])c(C([2H])([2H])[2H])c([2H])c3-c3ccccc3)c3ccccc32)c1.[Pt]. The molecular formula is C53H41N4OPt-3. The average molecular weight is 955 g/mol. The van der Waals surface area contributed by atoms with Gasteiger partial charge in [-0.2, -0.15) is 12.1 Å². The van der Waals surface area contributed by atoms with E-state index in [1.54, 1.807) is 35.6 Å². The number of fused-ring (bicyclic) bond motifs is 4. The first-order valence-electron chi connectivity index (χ1n) is 23.9. The summed E-state index contributed by atoms with van der Waals surface area (Å²) in [5.41, 5.74) is 5.09. The molecule has 6 heteroatoms. The predicted octanol–water partition coefficient (Wildman–Crippen LogP) is 13.9. The molecule has 0 bridgehead atoms. The van der Waals surface area contributed by atoms with E-state index in [0.29, 0.717) is 67.1 Å². The Morgan fingerprint density at radius 1 is 0.695 bits per heavy atom. The first-order valence-corrected chi connectivity index (χ1v) is 18.9. The molecule has 0 fully saturated rings. The Hall–Kier alpha value is -6.42. The molecule has 0 spiro atoms. The summed E-state index contributed by atoms with van der Waals surface area (Å²) < 4.78 is 96.7. The Morgan fingerprint density at radius 2 is 1.36 bits per heavy atom. The third-order valence-electron chi connectivity index (χ3n) is 10.3. The normalized spacial score (nSPS) is 15.1. The monoisotopic (exact) mass is 954 g/mol. The molecule has 0 aliphatic carbocycles. The van der Waals surface area contributed by atoms with E-state index in [2.05, 4.69) is 37.9 Å². The Labute approximate surface area is 374 Å². The van der Waals surface area contributed by atoms with Gasteiger partial charge in [-0.1, -0.05) is 117 Å². The maximum absolute atomic E-state index is 9.50. The first kappa shape index (κ1) is 28.1. The van der Waals surface area contributed by atoms with Crippen LogP contribution in [0.15, 0.2) is 170 Å². The molecule has 2 aromatic heterocycles. The summed E-state index contributed by atoms with van der Waals surface area (Å²) in [7, 11) is 0. The number of hydrogen-bond acceptors (Lipinski definition) is 4. The van der Waals surface area contributed by atoms with Gasteiger partial charge in [0.05, 0.1) is 8.22 Å². The van der Waals surface area contributed by atoms with Crippen LogP contribution in [-0.4, -0.2) is 9.55 Å². The van der Waals surface area contributed by atoms with Crippen molar-refractivity contribution in [1.82, 2.24) is 9.55 Å². The number of rotatable bonds is 7. The third kappa shape index (κ3) is 7.00. The molecule has 0 unspecified atom stereocenters. The molecule has 292 valence electrons. The zero-order chi connectivity index (χ0) is 48.0. The molecule has 1 aliphatic rings.